The molecule has 2 aromatic carbocycles. The monoisotopic (exact) mass is 325 g/mol. The van der Waals surface area contributed by atoms with Crippen molar-refractivity contribution in [2.75, 3.05) is 5.32 Å². The summed E-state index contributed by atoms with van der Waals surface area (Å²) >= 11 is 9.26. The summed E-state index contributed by atoms with van der Waals surface area (Å²) in [6, 6.07) is 11.3. The van der Waals surface area contributed by atoms with Crippen molar-refractivity contribution in [2.45, 2.75) is 13.5 Å². The summed E-state index contributed by atoms with van der Waals surface area (Å²) in [4.78, 5) is 0. The number of rotatable bonds is 3. The van der Waals surface area contributed by atoms with Gasteiger partial charge in [-0.3, -0.25) is 0 Å². The highest BCUT2D eigenvalue weighted by Gasteiger charge is 2.05. The lowest BCUT2D eigenvalue weighted by molar-refractivity contribution is 0.465. The van der Waals surface area contributed by atoms with Crippen LogP contribution < -0.4 is 5.32 Å². The first-order chi connectivity index (χ1) is 8.58. The van der Waals surface area contributed by atoms with E-state index in [1.807, 2.05) is 43.3 Å². The number of benzene rings is 2. The Balaban J connectivity index is 2.16. The van der Waals surface area contributed by atoms with Crippen LogP contribution in [0.3, 0.4) is 0 Å². The van der Waals surface area contributed by atoms with Crippen LogP contribution in [0, 0.1) is 6.92 Å². The van der Waals surface area contributed by atoms with Gasteiger partial charge in [0.15, 0.2) is 0 Å². The molecule has 0 aromatic heterocycles. The van der Waals surface area contributed by atoms with Crippen molar-refractivity contribution in [3.63, 3.8) is 0 Å². The standard InChI is InChI=1S/C14H13BrClNO/c1-9-5-6-11(16)7-13(9)17-8-10-3-2-4-12(15)14(10)18/h2-7,17-18H,8H2,1H3. The van der Waals surface area contributed by atoms with Gasteiger partial charge in [0.1, 0.15) is 5.75 Å². The molecule has 0 heterocycles. The Labute approximate surface area is 120 Å². The second-order valence-electron chi connectivity index (χ2n) is 4.06. The third kappa shape index (κ3) is 2.98. The van der Waals surface area contributed by atoms with Crippen molar-refractivity contribution in [1.29, 1.82) is 0 Å². The Bertz CT molecular complexity index is 570. The Kier molecular flexibility index (Phi) is 4.15. The van der Waals surface area contributed by atoms with E-state index in [1.54, 1.807) is 0 Å². The molecule has 0 fully saturated rings. The number of hydrogen-bond donors (Lipinski definition) is 2. The lowest BCUT2D eigenvalue weighted by Gasteiger charge is -2.11. The topological polar surface area (TPSA) is 32.3 Å². The third-order valence-corrected chi connectivity index (χ3v) is 3.61. The molecule has 0 aliphatic carbocycles. The average Bonchev–Trinajstić information content (AvgIpc) is 2.35. The predicted molar refractivity (Wildman–Crippen MR) is 79.3 cm³/mol. The van der Waals surface area contributed by atoms with Gasteiger partial charge in [0, 0.05) is 22.8 Å². The maximum atomic E-state index is 9.89. The molecule has 0 aliphatic heterocycles. The number of aryl methyl sites for hydroxylation is 1. The fourth-order valence-electron chi connectivity index (χ4n) is 1.68. The second kappa shape index (κ2) is 5.63. The van der Waals surface area contributed by atoms with Gasteiger partial charge in [0.05, 0.1) is 4.47 Å². The van der Waals surface area contributed by atoms with E-state index in [0.29, 0.717) is 16.0 Å². The molecule has 2 N–H and O–H groups in total. The van der Waals surface area contributed by atoms with E-state index in [2.05, 4.69) is 21.2 Å². The van der Waals surface area contributed by atoms with Gasteiger partial charge < -0.3 is 10.4 Å². The van der Waals surface area contributed by atoms with Crippen molar-refractivity contribution >= 4 is 33.2 Å². The summed E-state index contributed by atoms with van der Waals surface area (Å²) in [5.41, 5.74) is 2.93. The molecule has 0 atom stereocenters. The maximum absolute atomic E-state index is 9.89. The largest absolute Gasteiger partial charge is 0.506 e. The van der Waals surface area contributed by atoms with Crippen LogP contribution in [0.25, 0.3) is 0 Å². The van der Waals surface area contributed by atoms with E-state index in [9.17, 15) is 5.11 Å². The van der Waals surface area contributed by atoms with Gasteiger partial charge in [-0.05, 0) is 46.6 Å². The fourth-order valence-corrected chi connectivity index (χ4v) is 2.26. The average molecular weight is 327 g/mol. The summed E-state index contributed by atoms with van der Waals surface area (Å²) in [5.74, 6) is 0.268. The minimum Gasteiger partial charge on any atom is -0.506 e. The van der Waals surface area contributed by atoms with Crippen molar-refractivity contribution in [3.8, 4) is 5.75 Å². The van der Waals surface area contributed by atoms with Crippen LogP contribution in [0.2, 0.25) is 5.02 Å². The molecule has 94 valence electrons. The Morgan fingerprint density at radius 2 is 2.06 bits per heavy atom. The highest BCUT2D eigenvalue weighted by atomic mass is 79.9. The molecule has 0 amide bonds. The smallest absolute Gasteiger partial charge is 0.134 e. The zero-order chi connectivity index (χ0) is 13.1. The summed E-state index contributed by atoms with van der Waals surface area (Å²) in [6.45, 7) is 2.56. The van der Waals surface area contributed by atoms with Gasteiger partial charge in [-0.1, -0.05) is 29.8 Å². The highest BCUT2D eigenvalue weighted by molar-refractivity contribution is 9.10. The van der Waals surface area contributed by atoms with Crippen LogP contribution in [0.1, 0.15) is 11.1 Å². The van der Waals surface area contributed by atoms with Gasteiger partial charge >= 0.3 is 0 Å². The highest BCUT2D eigenvalue weighted by Crippen LogP contribution is 2.28. The number of para-hydroxylation sites is 1. The normalized spacial score (nSPS) is 10.4. The Hall–Kier alpha value is -1.19. The van der Waals surface area contributed by atoms with Gasteiger partial charge in [-0.15, -0.1) is 0 Å². The van der Waals surface area contributed by atoms with Crippen LogP contribution >= 0.6 is 27.5 Å². The minimum atomic E-state index is 0.268. The van der Waals surface area contributed by atoms with Gasteiger partial charge in [0.2, 0.25) is 0 Å². The lowest BCUT2D eigenvalue weighted by Crippen LogP contribution is -2.01. The summed E-state index contributed by atoms with van der Waals surface area (Å²) in [6.07, 6.45) is 0. The zero-order valence-electron chi connectivity index (χ0n) is 9.87. The first kappa shape index (κ1) is 13.2. The van der Waals surface area contributed by atoms with Crippen LogP contribution in [-0.2, 0) is 6.54 Å². The Morgan fingerprint density at radius 3 is 2.83 bits per heavy atom. The molecule has 0 bridgehead atoms. The van der Waals surface area contributed by atoms with E-state index < -0.39 is 0 Å². The van der Waals surface area contributed by atoms with Gasteiger partial charge in [-0.2, -0.15) is 0 Å². The van der Waals surface area contributed by atoms with Gasteiger partial charge in [-0.25, -0.2) is 0 Å². The molecule has 0 aliphatic rings. The number of phenolic OH excluding ortho intramolecular Hbond substituents is 1. The van der Waals surface area contributed by atoms with Crippen molar-refractivity contribution in [2.24, 2.45) is 0 Å². The molecule has 4 heteroatoms. The van der Waals surface area contributed by atoms with Crippen LogP contribution in [0.5, 0.6) is 5.75 Å². The first-order valence-electron chi connectivity index (χ1n) is 5.54. The minimum absolute atomic E-state index is 0.268. The molecular weight excluding hydrogens is 314 g/mol. The number of hydrogen-bond acceptors (Lipinski definition) is 2. The summed E-state index contributed by atoms with van der Waals surface area (Å²) < 4.78 is 0.699. The molecule has 0 saturated heterocycles. The fraction of sp³-hybridized carbons (Fsp3) is 0.143. The number of nitrogens with one attached hydrogen (secondary N) is 1. The third-order valence-electron chi connectivity index (χ3n) is 2.74. The summed E-state index contributed by atoms with van der Waals surface area (Å²) in [5, 5.41) is 13.9. The molecule has 0 radical (unpaired) electrons. The van der Waals surface area contributed by atoms with E-state index in [4.69, 9.17) is 11.6 Å². The molecule has 2 rings (SSSR count). The number of phenols is 1. The van der Waals surface area contributed by atoms with Crippen LogP contribution in [0.15, 0.2) is 40.9 Å². The van der Waals surface area contributed by atoms with Crippen LogP contribution in [0.4, 0.5) is 5.69 Å². The number of aromatic hydroxyl groups is 1. The Morgan fingerprint density at radius 1 is 1.28 bits per heavy atom. The van der Waals surface area contributed by atoms with Gasteiger partial charge in [0.25, 0.3) is 0 Å². The lowest BCUT2D eigenvalue weighted by atomic mass is 10.1. The van der Waals surface area contributed by atoms with Crippen LogP contribution in [-0.4, -0.2) is 5.11 Å². The predicted octanol–water partition coefficient (Wildman–Crippen LogP) is 4.73. The SMILES string of the molecule is Cc1ccc(Cl)cc1NCc1cccc(Br)c1O. The molecule has 2 aromatic rings. The van der Waals surface area contributed by atoms with E-state index in [-0.39, 0.29) is 5.75 Å². The van der Waals surface area contributed by atoms with E-state index in [1.165, 1.54) is 0 Å². The second-order valence-corrected chi connectivity index (χ2v) is 5.35. The number of halogens is 2. The summed E-state index contributed by atoms with van der Waals surface area (Å²) in [7, 11) is 0. The maximum Gasteiger partial charge on any atom is 0.134 e. The zero-order valence-corrected chi connectivity index (χ0v) is 12.2. The molecular formula is C14H13BrClNO. The molecule has 2 nitrogen and oxygen atoms in total. The van der Waals surface area contributed by atoms with Crippen molar-refractivity contribution in [3.05, 3.63) is 57.0 Å². The quantitative estimate of drug-likeness (QED) is 0.854. The molecule has 0 saturated carbocycles. The first-order valence-corrected chi connectivity index (χ1v) is 6.71. The molecule has 0 unspecified atom stereocenters. The number of anilines is 1. The van der Waals surface area contributed by atoms with E-state index >= 15 is 0 Å². The van der Waals surface area contributed by atoms with E-state index in [0.717, 1.165) is 16.8 Å². The van der Waals surface area contributed by atoms with Crippen molar-refractivity contribution < 1.29 is 5.11 Å². The molecule has 18 heavy (non-hydrogen) atoms. The molecule has 0 spiro atoms. The van der Waals surface area contributed by atoms with Crippen molar-refractivity contribution in [1.82, 2.24) is 0 Å².